The third-order valence-corrected chi connectivity index (χ3v) is 2.39. The minimum absolute atomic E-state index is 0.405. The zero-order valence-electron chi connectivity index (χ0n) is 8.96. The highest BCUT2D eigenvalue weighted by atomic mass is 16.2. The lowest BCUT2D eigenvalue weighted by Gasteiger charge is -2.05. The molecule has 0 aliphatic carbocycles. The maximum atomic E-state index is 11.6. The van der Waals surface area contributed by atoms with Gasteiger partial charge in [-0.05, 0) is 17.2 Å². The largest absolute Gasteiger partial charge is 0.288 e. The third kappa shape index (κ3) is 2.36. The van der Waals surface area contributed by atoms with Crippen molar-refractivity contribution >= 4 is 12.0 Å². The van der Waals surface area contributed by atoms with Gasteiger partial charge >= 0.3 is 0 Å². The lowest BCUT2D eigenvalue weighted by molar-refractivity contribution is 0.100. The maximum absolute atomic E-state index is 11.6. The third-order valence-electron chi connectivity index (χ3n) is 2.39. The van der Waals surface area contributed by atoms with Gasteiger partial charge in [-0.15, -0.1) is 4.99 Å². The summed E-state index contributed by atoms with van der Waals surface area (Å²) in [5.41, 5.74) is 2.08. The summed E-state index contributed by atoms with van der Waals surface area (Å²) in [6, 6.07) is 16.5. The molecule has 0 spiro atoms. The van der Waals surface area contributed by atoms with Crippen LogP contribution in [0.25, 0.3) is 11.1 Å². The van der Waals surface area contributed by atoms with Crippen LogP contribution in [0.2, 0.25) is 0 Å². The Bertz CT molecular complexity index is 584. The van der Waals surface area contributed by atoms with Gasteiger partial charge in [-0.1, -0.05) is 48.5 Å². The first-order valence-electron chi connectivity index (χ1n) is 5.09. The van der Waals surface area contributed by atoms with Gasteiger partial charge in [0.25, 0.3) is 5.91 Å². The average Bonchev–Trinajstić information content (AvgIpc) is 2.40. The molecule has 0 heterocycles. The summed E-state index contributed by atoms with van der Waals surface area (Å²) < 4.78 is 0. The number of carbonyl (C=O) groups is 1. The standard InChI is InChI=1S/C14H9NO2/c16-10-15-14(17)13-9-5-4-8-12(13)11-6-2-1-3-7-11/h1-9H. The molecule has 0 aliphatic heterocycles. The second-order valence-corrected chi connectivity index (χ2v) is 3.42. The normalized spacial score (nSPS) is 9.41. The summed E-state index contributed by atoms with van der Waals surface area (Å²) in [6.45, 7) is 0. The molecule has 0 unspecified atom stereocenters. The Labute approximate surface area is 98.4 Å². The van der Waals surface area contributed by atoms with Crippen molar-refractivity contribution in [2.24, 2.45) is 4.99 Å². The maximum Gasteiger partial charge on any atom is 0.288 e. The minimum atomic E-state index is -0.570. The fraction of sp³-hybridized carbons (Fsp3) is 0. The summed E-state index contributed by atoms with van der Waals surface area (Å²) in [5, 5.41) is 0. The molecule has 0 radical (unpaired) electrons. The quantitative estimate of drug-likeness (QED) is 0.580. The number of isocyanates is 1. The molecule has 0 aromatic heterocycles. The van der Waals surface area contributed by atoms with Crippen LogP contribution in [0.3, 0.4) is 0 Å². The molecule has 2 aromatic carbocycles. The van der Waals surface area contributed by atoms with Crippen molar-refractivity contribution < 1.29 is 9.59 Å². The van der Waals surface area contributed by atoms with Crippen LogP contribution in [-0.4, -0.2) is 12.0 Å². The number of amides is 1. The van der Waals surface area contributed by atoms with Gasteiger partial charge in [-0.2, -0.15) is 0 Å². The molecule has 3 heteroatoms. The van der Waals surface area contributed by atoms with Gasteiger partial charge in [0.1, 0.15) is 0 Å². The molecule has 0 saturated heterocycles. The summed E-state index contributed by atoms with van der Waals surface area (Å²) in [5.74, 6) is -0.570. The second kappa shape index (κ2) is 5.01. The number of nitrogens with zero attached hydrogens (tertiary/aromatic N) is 1. The van der Waals surface area contributed by atoms with E-state index in [9.17, 15) is 9.59 Å². The molecule has 0 bridgehead atoms. The van der Waals surface area contributed by atoms with Crippen molar-refractivity contribution in [1.29, 1.82) is 0 Å². The van der Waals surface area contributed by atoms with Crippen LogP contribution in [-0.2, 0) is 4.79 Å². The monoisotopic (exact) mass is 223 g/mol. The van der Waals surface area contributed by atoms with E-state index in [-0.39, 0.29) is 0 Å². The highest BCUT2D eigenvalue weighted by molar-refractivity contribution is 6.03. The number of benzene rings is 2. The topological polar surface area (TPSA) is 46.5 Å². The van der Waals surface area contributed by atoms with Crippen molar-refractivity contribution in [3.63, 3.8) is 0 Å². The van der Waals surface area contributed by atoms with Gasteiger partial charge in [0.05, 0.1) is 5.56 Å². The first-order chi connectivity index (χ1) is 8.33. The Kier molecular flexibility index (Phi) is 3.24. The number of hydrogen-bond acceptors (Lipinski definition) is 2. The van der Waals surface area contributed by atoms with Gasteiger partial charge < -0.3 is 0 Å². The number of hydrogen-bond donors (Lipinski definition) is 0. The van der Waals surface area contributed by atoms with Crippen molar-refractivity contribution in [3.05, 3.63) is 60.2 Å². The van der Waals surface area contributed by atoms with E-state index in [1.807, 2.05) is 42.5 Å². The lowest BCUT2D eigenvalue weighted by Crippen LogP contribution is -1.97. The van der Waals surface area contributed by atoms with E-state index >= 15 is 0 Å². The van der Waals surface area contributed by atoms with Gasteiger partial charge in [-0.25, -0.2) is 4.79 Å². The van der Waals surface area contributed by atoms with Crippen molar-refractivity contribution in [3.8, 4) is 11.1 Å². The molecular formula is C14H9NO2. The smallest absolute Gasteiger partial charge is 0.266 e. The van der Waals surface area contributed by atoms with E-state index in [0.717, 1.165) is 11.1 Å². The fourth-order valence-electron chi connectivity index (χ4n) is 1.64. The molecule has 17 heavy (non-hydrogen) atoms. The molecule has 2 aromatic rings. The van der Waals surface area contributed by atoms with Crippen molar-refractivity contribution in [1.82, 2.24) is 0 Å². The van der Waals surface area contributed by atoms with Gasteiger partial charge in [0, 0.05) is 0 Å². The highest BCUT2D eigenvalue weighted by Gasteiger charge is 2.10. The van der Waals surface area contributed by atoms with Crippen LogP contribution in [0.5, 0.6) is 0 Å². The predicted octanol–water partition coefficient (Wildman–Crippen LogP) is 2.83. The summed E-state index contributed by atoms with van der Waals surface area (Å²) in [7, 11) is 0. The average molecular weight is 223 g/mol. The first-order valence-corrected chi connectivity index (χ1v) is 5.09. The molecule has 2 rings (SSSR count). The predicted molar refractivity (Wildman–Crippen MR) is 64.3 cm³/mol. The Morgan fingerprint density at radius 2 is 1.59 bits per heavy atom. The van der Waals surface area contributed by atoms with Crippen LogP contribution >= 0.6 is 0 Å². The van der Waals surface area contributed by atoms with E-state index in [2.05, 4.69) is 4.99 Å². The zero-order valence-corrected chi connectivity index (χ0v) is 8.96. The summed E-state index contributed by atoms with van der Waals surface area (Å²) in [6.07, 6.45) is 1.27. The number of carbonyl (C=O) groups excluding carboxylic acids is 2. The SMILES string of the molecule is O=C=NC(=O)c1ccccc1-c1ccccc1. The van der Waals surface area contributed by atoms with Crippen LogP contribution in [0.15, 0.2) is 59.6 Å². The van der Waals surface area contributed by atoms with Crippen LogP contribution in [0, 0.1) is 0 Å². The van der Waals surface area contributed by atoms with Crippen molar-refractivity contribution in [2.75, 3.05) is 0 Å². The minimum Gasteiger partial charge on any atom is -0.266 e. The molecule has 0 fully saturated rings. The molecule has 0 atom stereocenters. The molecular weight excluding hydrogens is 214 g/mol. The molecule has 82 valence electrons. The second-order valence-electron chi connectivity index (χ2n) is 3.42. The van der Waals surface area contributed by atoms with Crippen LogP contribution < -0.4 is 0 Å². The Balaban J connectivity index is 2.56. The Morgan fingerprint density at radius 3 is 2.29 bits per heavy atom. The van der Waals surface area contributed by atoms with E-state index in [0.29, 0.717) is 5.56 Å². The van der Waals surface area contributed by atoms with Crippen molar-refractivity contribution in [2.45, 2.75) is 0 Å². The summed E-state index contributed by atoms with van der Waals surface area (Å²) >= 11 is 0. The van der Waals surface area contributed by atoms with Gasteiger partial charge in [-0.3, -0.25) is 4.79 Å². The van der Waals surface area contributed by atoms with Crippen LogP contribution in [0.4, 0.5) is 0 Å². The highest BCUT2D eigenvalue weighted by Crippen LogP contribution is 2.23. The Hall–Kier alpha value is -2.51. The molecule has 3 nitrogen and oxygen atoms in total. The van der Waals surface area contributed by atoms with E-state index in [4.69, 9.17) is 0 Å². The molecule has 0 saturated carbocycles. The lowest BCUT2D eigenvalue weighted by atomic mass is 9.99. The number of aliphatic imine (C=N–C) groups is 1. The van der Waals surface area contributed by atoms with E-state index in [1.54, 1.807) is 12.1 Å². The molecule has 0 aliphatic rings. The first kappa shape index (κ1) is 11.0. The summed E-state index contributed by atoms with van der Waals surface area (Å²) in [4.78, 5) is 24.9. The van der Waals surface area contributed by atoms with E-state index in [1.165, 1.54) is 6.08 Å². The van der Waals surface area contributed by atoms with Gasteiger partial charge in [0.15, 0.2) is 0 Å². The van der Waals surface area contributed by atoms with E-state index < -0.39 is 5.91 Å². The fourth-order valence-corrected chi connectivity index (χ4v) is 1.64. The number of rotatable bonds is 2. The van der Waals surface area contributed by atoms with Gasteiger partial charge in [0.2, 0.25) is 6.08 Å². The Morgan fingerprint density at radius 1 is 0.941 bits per heavy atom. The molecule has 0 N–H and O–H groups in total. The van der Waals surface area contributed by atoms with Crippen LogP contribution in [0.1, 0.15) is 10.4 Å². The molecule has 1 amide bonds. The zero-order chi connectivity index (χ0) is 12.1.